The normalized spacial score (nSPS) is 13.7. The van der Waals surface area contributed by atoms with E-state index in [0.717, 1.165) is 29.1 Å². The molecule has 0 atom stereocenters. The Morgan fingerprint density at radius 1 is 1.28 bits per heavy atom. The van der Waals surface area contributed by atoms with E-state index >= 15 is 0 Å². The second-order valence-corrected chi connectivity index (χ2v) is 9.10. The highest BCUT2D eigenvalue weighted by molar-refractivity contribution is 7.16. The number of carbonyl (C=O) groups excluding carboxylic acids is 2. The lowest BCUT2D eigenvalue weighted by molar-refractivity contribution is -0.117. The van der Waals surface area contributed by atoms with E-state index in [2.05, 4.69) is 20.5 Å². The van der Waals surface area contributed by atoms with Crippen molar-refractivity contribution in [2.75, 3.05) is 23.7 Å². The average molecular weight is 447 g/mol. The van der Waals surface area contributed by atoms with E-state index < -0.39 is 0 Å². The first-order valence-corrected chi connectivity index (χ1v) is 11.2. The fraction of sp³-hybridized carbons (Fsp3) is 0.250. The monoisotopic (exact) mass is 446 g/mol. The largest absolute Gasteiger partial charge is 0.325 e. The Hall–Kier alpha value is -2.26. The van der Waals surface area contributed by atoms with Gasteiger partial charge in [0.05, 0.1) is 17.8 Å². The summed E-state index contributed by atoms with van der Waals surface area (Å²) < 4.78 is 0. The van der Waals surface area contributed by atoms with Crippen molar-refractivity contribution in [3.63, 3.8) is 0 Å². The number of thiazole rings is 1. The molecular formula is C20H19ClN4O2S2. The van der Waals surface area contributed by atoms with Crippen LogP contribution in [-0.4, -0.2) is 34.8 Å². The zero-order valence-corrected chi connectivity index (χ0v) is 18.1. The number of amides is 2. The number of hydrogen-bond donors (Lipinski definition) is 2. The summed E-state index contributed by atoms with van der Waals surface area (Å²) in [4.78, 5) is 32.3. The molecule has 9 heteroatoms. The van der Waals surface area contributed by atoms with Crippen LogP contribution in [-0.2, 0) is 17.8 Å². The summed E-state index contributed by atoms with van der Waals surface area (Å²) in [5, 5.41) is 10.7. The lowest BCUT2D eigenvalue weighted by Crippen LogP contribution is -2.36. The summed E-state index contributed by atoms with van der Waals surface area (Å²) in [6.07, 6.45) is 0.754. The van der Waals surface area contributed by atoms with Crippen molar-refractivity contribution < 1.29 is 9.59 Å². The third kappa shape index (κ3) is 4.84. The Morgan fingerprint density at radius 2 is 2.14 bits per heavy atom. The molecule has 4 rings (SSSR count). The molecule has 1 aliphatic rings. The second-order valence-electron chi connectivity index (χ2n) is 6.83. The molecule has 2 amide bonds. The van der Waals surface area contributed by atoms with Gasteiger partial charge in [0.15, 0.2) is 5.13 Å². The molecule has 29 heavy (non-hydrogen) atoms. The van der Waals surface area contributed by atoms with Crippen molar-refractivity contribution >= 4 is 56.9 Å². The van der Waals surface area contributed by atoms with Gasteiger partial charge in [-0.15, -0.1) is 11.3 Å². The molecule has 0 fully saturated rings. The van der Waals surface area contributed by atoms with Crippen molar-refractivity contribution in [2.45, 2.75) is 19.9 Å². The van der Waals surface area contributed by atoms with Crippen LogP contribution in [0.25, 0.3) is 0 Å². The number of hydrogen-bond acceptors (Lipinski definition) is 6. The van der Waals surface area contributed by atoms with Gasteiger partial charge in [-0.1, -0.05) is 17.7 Å². The summed E-state index contributed by atoms with van der Waals surface area (Å²) in [6.45, 7) is 3.60. The number of nitrogens with one attached hydrogen (secondary N) is 2. The van der Waals surface area contributed by atoms with E-state index in [1.165, 1.54) is 22.7 Å². The minimum atomic E-state index is -0.148. The standard InChI is InChI=1S/C20H19ClN4O2S2/c1-12-2-3-14(8-15(12)21)22-18(26)10-25-6-4-16-17(9-25)29-20(23-16)24-19(27)13-5-7-28-11-13/h2-3,5,7-8,11H,4,6,9-10H2,1H3,(H,22,26)(H,23,24,27). The van der Waals surface area contributed by atoms with Crippen LogP contribution < -0.4 is 10.6 Å². The molecule has 2 aromatic heterocycles. The maximum atomic E-state index is 12.4. The highest BCUT2D eigenvalue weighted by atomic mass is 35.5. The van der Waals surface area contributed by atoms with E-state index in [-0.39, 0.29) is 11.8 Å². The molecule has 0 unspecified atom stereocenters. The van der Waals surface area contributed by atoms with Crippen LogP contribution in [0.5, 0.6) is 0 Å². The van der Waals surface area contributed by atoms with Gasteiger partial charge in [0, 0.05) is 40.5 Å². The maximum absolute atomic E-state index is 12.4. The molecule has 1 aliphatic heterocycles. The van der Waals surface area contributed by atoms with Crippen molar-refractivity contribution in [1.29, 1.82) is 0 Å². The van der Waals surface area contributed by atoms with Crippen LogP contribution >= 0.6 is 34.3 Å². The van der Waals surface area contributed by atoms with Crippen molar-refractivity contribution in [3.8, 4) is 0 Å². The van der Waals surface area contributed by atoms with Crippen LogP contribution in [0, 0.1) is 6.92 Å². The zero-order chi connectivity index (χ0) is 20.4. The van der Waals surface area contributed by atoms with Gasteiger partial charge >= 0.3 is 0 Å². The SMILES string of the molecule is Cc1ccc(NC(=O)CN2CCc3nc(NC(=O)c4ccsc4)sc3C2)cc1Cl. The first-order chi connectivity index (χ1) is 14.0. The Morgan fingerprint density at radius 3 is 2.90 bits per heavy atom. The third-order valence-electron chi connectivity index (χ3n) is 4.64. The molecule has 0 radical (unpaired) electrons. The fourth-order valence-electron chi connectivity index (χ4n) is 3.07. The predicted molar refractivity (Wildman–Crippen MR) is 118 cm³/mol. The predicted octanol–water partition coefficient (Wildman–Crippen LogP) is 4.42. The molecule has 0 saturated carbocycles. The van der Waals surface area contributed by atoms with Crippen molar-refractivity contribution in [3.05, 3.63) is 61.7 Å². The number of aromatic nitrogens is 1. The molecule has 150 valence electrons. The molecule has 1 aromatic carbocycles. The van der Waals surface area contributed by atoms with Crippen LogP contribution in [0.15, 0.2) is 35.0 Å². The summed E-state index contributed by atoms with van der Waals surface area (Å²) in [6, 6.07) is 7.28. The smallest absolute Gasteiger partial charge is 0.258 e. The van der Waals surface area contributed by atoms with Crippen molar-refractivity contribution in [1.82, 2.24) is 9.88 Å². The van der Waals surface area contributed by atoms with E-state index in [9.17, 15) is 9.59 Å². The highest BCUT2D eigenvalue weighted by Gasteiger charge is 2.23. The third-order valence-corrected chi connectivity index (χ3v) is 6.73. The number of fused-ring (bicyclic) bond motifs is 1. The molecule has 0 aliphatic carbocycles. The molecule has 0 spiro atoms. The van der Waals surface area contributed by atoms with E-state index in [1.807, 2.05) is 29.8 Å². The number of anilines is 2. The van der Waals surface area contributed by atoms with Gasteiger partial charge in [-0.25, -0.2) is 4.98 Å². The minimum absolute atomic E-state index is 0.0798. The van der Waals surface area contributed by atoms with E-state index in [0.29, 0.717) is 34.5 Å². The van der Waals surface area contributed by atoms with Gasteiger partial charge < -0.3 is 5.32 Å². The summed E-state index contributed by atoms with van der Waals surface area (Å²) >= 11 is 9.07. The minimum Gasteiger partial charge on any atom is -0.325 e. The summed E-state index contributed by atoms with van der Waals surface area (Å²) in [7, 11) is 0. The highest BCUT2D eigenvalue weighted by Crippen LogP contribution is 2.29. The molecule has 3 heterocycles. The van der Waals surface area contributed by atoms with Gasteiger partial charge in [-0.3, -0.25) is 19.8 Å². The van der Waals surface area contributed by atoms with Crippen LogP contribution in [0.4, 0.5) is 10.8 Å². The number of aryl methyl sites for hydroxylation is 1. The Kier molecular flexibility index (Phi) is 5.96. The fourth-order valence-corrected chi connectivity index (χ4v) is 4.94. The molecule has 0 saturated heterocycles. The van der Waals surface area contributed by atoms with Crippen LogP contribution in [0.2, 0.25) is 5.02 Å². The first-order valence-electron chi connectivity index (χ1n) is 9.08. The number of rotatable bonds is 5. The molecule has 2 N–H and O–H groups in total. The second kappa shape index (κ2) is 8.62. The van der Waals surface area contributed by atoms with E-state index in [1.54, 1.807) is 12.1 Å². The van der Waals surface area contributed by atoms with Gasteiger partial charge in [-0.05, 0) is 36.1 Å². The molecule has 6 nitrogen and oxygen atoms in total. The number of nitrogens with zero attached hydrogens (tertiary/aromatic N) is 2. The molecular weight excluding hydrogens is 428 g/mol. The van der Waals surface area contributed by atoms with Crippen LogP contribution in [0.1, 0.15) is 26.5 Å². The Balaban J connectivity index is 1.34. The lowest BCUT2D eigenvalue weighted by Gasteiger charge is -2.25. The quantitative estimate of drug-likeness (QED) is 0.608. The Labute approximate surface area is 181 Å². The van der Waals surface area contributed by atoms with Gasteiger partial charge in [0.25, 0.3) is 5.91 Å². The average Bonchev–Trinajstić information content (AvgIpc) is 3.34. The number of halogens is 1. The number of thiophene rings is 1. The number of benzene rings is 1. The van der Waals surface area contributed by atoms with Gasteiger partial charge in [-0.2, -0.15) is 11.3 Å². The zero-order valence-electron chi connectivity index (χ0n) is 15.7. The van der Waals surface area contributed by atoms with E-state index in [4.69, 9.17) is 11.6 Å². The Bertz CT molecular complexity index is 1050. The van der Waals surface area contributed by atoms with Crippen LogP contribution in [0.3, 0.4) is 0 Å². The van der Waals surface area contributed by atoms with Gasteiger partial charge in [0.2, 0.25) is 5.91 Å². The van der Waals surface area contributed by atoms with Gasteiger partial charge in [0.1, 0.15) is 0 Å². The van der Waals surface area contributed by atoms with Crippen molar-refractivity contribution in [2.24, 2.45) is 0 Å². The summed E-state index contributed by atoms with van der Waals surface area (Å²) in [5.41, 5.74) is 3.30. The lowest BCUT2D eigenvalue weighted by atomic mass is 10.2. The maximum Gasteiger partial charge on any atom is 0.258 e. The molecule has 0 bridgehead atoms. The molecule has 3 aromatic rings. The topological polar surface area (TPSA) is 74.3 Å². The summed E-state index contributed by atoms with van der Waals surface area (Å²) in [5.74, 6) is -0.228. The number of carbonyl (C=O) groups is 2. The first kappa shape index (κ1) is 20.0.